The zero-order valence-electron chi connectivity index (χ0n) is 11.0. The molecule has 0 spiro atoms. The quantitative estimate of drug-likeness (QED) is 0.800. The molecule has 0 saturated carbocycles. The second-order valence-electron chi connectivity index (χ2n) is 6.23. The van der Waals surface area contributed by atoms with E-state index in [-0.39, 0.29) is 0 Å². The van der Waals surface area contributed by atoms with Gasteiger partial charge in [0.15, 0.2) is 0 Å². The summed E-state index contributed by atoms with van der Waals surface area (Å²) in [7, 11) is 0. The van der Waals surface area contributed by atoms with Gasteiger partial charge >= 0.3 is 0 Å². The zero-order chi connectivity index (χ0) is 11.6. The smallest absolute Gasteiger partial charge is 0.0280 e. The van der Waals surface area contributed by atoms with Crippen LogP contribution < -0.4 is 5.32 Å². The van der Waals surface area contributed by atoms with Crippen LogP contribution in [0.25, 0.3) is 0 Å². The van der Waals surface area contributed by atoms with E-state index in [1.165, 1.54) is 51.2 Å². The minimum atomic E-state index is 0.388. The Kier molecular flexibility index (Phi) is 3.87. The van der Waals surface area contributed by atoms with Crippen LogP contribution in [-0.4, -0.2) is 47.1 Å². The molecule has 1 atom stereocenters. The van der Waals surface area contributed by atoms with Crippen molar-refractivity contribution in [2.24, 2.45) is 0 Å². The van der Waals surface area contributed by atoms with E-state index in [2.05, 4.69) is 42.7 Å². The van der Waals surface area contributed by atoms with Crippen LogP contribution in [0.5, 0.6) is 0 Å². The lowest BCUT2D eigenvalue weighted by Crippen LogP contribution is -2.48. The van der Waals surface area contributed by atoms with Crippen LogP contribution in [0.15, 0.2) is 0 Å². The van der Waals surface area contributed by atoms with Crippen molar-refractivity contribution in [1.29, 1.82) is 0 Å². The predicted molar refractivity (Wildman–Crippen MR) is 73.2 cm³/mol. The van der Waals surface area contributed by atoms with Gasteiger partial charge in [-0.1, -0.05) is 13.8 Å². The van der Waals surface area contributed by atoms with E-state index in [9.17, 15) is 0 Å². The van der Waals surface area contributed by atoms with E-state index < -0.39 is 0 Å². The summed E-state index contributed by atoms with van der Waals surface area (Å²) in [6.07, 6.45) is 4.03. The lowest BCUT2D eigenvalue weighted by atomic mass is 9.99. The second kappa shape index (κ2) is 4.87. The van der Waals surface area contributed by atoms with Gasteiger partial charge in [0.25, 0.3) is 0 Å². The van der Waals surface area contributed by atoms with E-state index >= 15 is 0 Å². The van der Waals surface area contributed by atoms with Crippen LogP contribution in [0.2, 0.25) is 0 Å². The van der Waals surface area contributed by atoms with Crippen LogP contribution in [0, 0.1) is 0 Å². The average Bonchev–Trinajstić information content (AvgIpc) is 2.54. The highest BCUT2D eigenvalue weighted by Crippen LogP contribution is 2.31. The molecule has 2 aliphatic rings. The molecular weight excluding hydrogens is 216 g/mol. The van der Waals surface area contributed by atoms with E-state index in [0.29, 0.717) is 10.3 Å². The Morgan fingerprint density at radius 3 is 2.69 bits per heavy atom. The van der Waals surface area contributed by atoms with Crippen LogP contribution in [-0.2, 0) is 0 Å². The summed E-state index contributed by atoms with van der Waals surface area (Å²) in [6, 6.07) is 0. The monoisotopic (exact) mass is 242 g/mol. The van der Waals surface area contributed by atoms with Gasteiger partial charge in [-0.2, -0.15) is 11.8 Å². The first kappa shape index (κ1) is 12.7. The Morgan fingerprint density at radius 2 is 2.00 bits per heavy atom. The van der Waals surface area contributed by atoms with Gasteiger partial charge in [0, 0.05) is 29.1 Å². The Balaban J connectivity index is 1.86. The first-order valence-corrected chi connectivity index (χ1v) is 7.59. The van der Waals surface area contributed by atoms with Crippen molar-refractivity contribution >= 4 is 11.8 Å². The highest BCUT2D eigenvalue weighted by molar-refractivity contribution is 8.00. The molecule has 0 aliphatic carbocycles. The van der Waals surface area contributed by atoms with E-state index in [1.54, 1.807) is 0 Å². The first-order valence-electron chi connectivity index (χ1n) is 6.61. The summed E-state index contributed by atoms with van der Waals surface area (Å²) < 4.78 is 0.485. The van der Waals surface area contributed by atoms with Crippen molar-refractivity contribution in [2.75, 3.05) is 31.9 Å². The molecule has 2 saturated heterocycles. The largest absolute Gasteiger partial charge is 0.310 e. The van der Waals surface area contributed by atoms with Crippen molar-refractivity contribution in [3.8, 4) is 0 Å². The fourth-order valence-electron chi connectivity index (χ4n) is 2.81. The Hall–Kier alpha value is 0.270. The third-order valence-corrected chi connectivity index (χ3v) is 5.33. The van der Waals surface area contributed by atoms with Gasteiger partial charge in [-0.3, -0.25) is 0 Å². The van der Waals surface area contributed by atoms with Gasteiger partial charge in [0.1, 0.15) is 0 Å². The molecule has 0 aromatic heterocycles. The molecule has 1 unspecified atom stereocenters. The molecule has 2 fully saturated rings. The molecule has 0 amide bonds. The van der Waals surface area contributed by atoms with E-state index in [1.807, 2.05) is 0 Å². The van der Waals surface area contributed by atoms with Crippen molar-refractivity contribution in [3.05, 3.63) is 0 Å². The second-order valence-corrected chi connectivity index (χ2v) is 8.03. The molecular formula is C13H26N2S. The number of hydrogen-bond acceptors (Lipinski definition) is 3. The summed E-state index contributed by atoms with van der Waals surface area (Å²) in [5.41, 5.74) is 0.388. The van der Waals surface area contributed by atoms with Gasteiger partial charge in [0.05, 0.1) is 0 Å². The van der Waals surface area contributed by atoms with Crippen molar-refractivity contribution in [1.82, 2.24) is 10.2 Å². The molecule has 2 nitrogen and oxygen atoms in total. The normalized spacial score (nSPS) is 36.2. The minimum Gasteiger partial charge on any atom is -0.310 e. The molecule has 2 heterocycles. The minimum absolute atomic E-state index is 0.388. The van der Waals surface area contributed by atoms with Crippen LogP contribution in [0.1, 0.15) is 40.0 Å². The number of rotatable bonds is 2. The van der Waals surface area contributed by atoms with E-state index in [4.69, 9.17) is 0 Å². The molecule has 94 valence electrons. The standard InChI is InChI=1S/C13H26N2S/c1-12(2)6-8-15(9-10-16-12)11-13(3)5-4-7-14-13/h14H,4-11H2,1-3H3. The lowest BCUT2D eigenvalue weighted by molar-refractivity contribution is 0.210. The maximum atomic E-state index is 3.67. The Labute approximate surface area is 105 Å². The molecule has 0 aromatic rings. The van der Waals surface area contributed by atoms with Gasteiger partial charge in [0.2, 0.25) is 0 Å². The third-order valence-electron chi connectivity index (χ3n) is 3.96. The van der Waals surface area contributed by atoms with E-state index in [0.717, 1.165) is 0 Å². The van der Waals surface area contributed by atoms with Crippen LogP contribution in [0.4, 0.5) is 0 Å². The van der Waals surface area contributed by atoms with Gasteiger partial charge < -0.3 is 10.2 Å². The summed E-state index contributed by atoms with van der Waals surface area (Å²) in [5.74, 6) is 1.29. The maximum absolute atomic E-state index is 3.67. The molecule has 16 heavy (non-hydrogen) atoms. The predicted octanol–water partition coefficient (Wildman–Crippen LogP) is 2.35. The topological polar surface area (TPSA) is 15.3 Å². The summed E-state index contributed by atoms with van der Waals surface area (Å²) >= 11 is 2.14. The summed E-state index contributed by atoms with van der Waals surface area (Å²) in [5, 5.41) is 3.67. The highest BCUT2D eigenvalue weighted by Gasteiger charge is 2.32. The summed E-state index contributed by atoms with van der Waals surface area (Å²) in [4.78, 5) is 2.67. The van der Waals surface area contributed by atoms with Gasteiger partial charge in [-0.15, -0.1) is 0 Å². The van der Waals surface area contributed by atoms with Crippen LogP contribution >= 0.6 is 11.8 Å². The van der Waals surface area contributed by atoms with Crippen molar-refractivity contribution in [3.63, 3.8) is 0 Å². The Morgan fingerprint density at radius 1 is 1.19 bits per heavy atom. The number of nitrogens with one attached hydrogen (secondary N) is 1. The molecule has 0 bridgehead atoms. The molecule has 2 rings (SSSR count). The molecule has 0 aromatic carbocycles. The Bertz CT molecular complexity index is 234. The molecule has 3 heteroatoms. The maximum Gasteiger partial charge on any atom is 0.0280 e. The number of nitrogens with zero attached hydrogens (tertiary/aromatic N) is 1. The molecule has 2 aliphatic heterocycles. The van der Waals surface area contributed by atoms with Crippen molar-refractivity contribution < 1.29 is 0 Å². The third kappa shape index (κ3) is 3.38. The fraction of sp³-hybridized carbons (Fsp3) is 1.00. The summed E-state index contributed by atoms with van der Waals surface area (Å²) in [6.45, 7) is 12.2. The number of thioether (sulfide) groups is 1. The first-order chi connectivity index (χ1) is 7.49. The molecule has 0 radical (unpaired) electrons. The fourth-order valence-corrected chi connectivity index (χ4v) is 3.94. The zero-order valence-corrected chi connectivity index (χ0v) is 11.8. The van der Waals surface area contributed by atoms with Gasteiger partial charge in [-0.25, -0.2) is 0 Å². The lowest BCUT2D eigenvalue weighted by Gasteiger charge is -2.32. The van der Waals surface area contributed by atoms with Crippen molar-refractivity contribution in [2.45, 2.75) is 50.3 Å². The van der Waals surface area contributed by atoms with Gasteiger partial charge in [-0.05, 0) is 39.3 Å². The van der Waals surface area contributed by atoms with Crippen LogP contribution in [0.3, 0.4) is 0 Å². The highest BCUT2D eigenvalue weighted by atomic mass is 32.2. The SMILES string of the molecule is CC1(CN2CCSC(C)(C)CC2)CCCN1. The number of hydrogen-bond donors (Lipinski definition) is 1. The average molecular weight is 242 g/mol. The molecule has 1 N–H and O–H groups in total.